The average Bonchev–Trinajstić information content (AvgIpc) is 2.36. The standard InChI is InChI=1S/C15H22N2O4/c1-6-16-13(18)10-7-9(15(2,3)4)8-11(12(10)21-5)17-14(19)20/h7-8,17H,6H2,1-5H3,(H,16,18)(H,19,20). The van der Waals surface area contributed by atoms with Gasteiger partial charge in [0.1, 0.15) is 0 Å². The Kier molecular flexibility index (Phi) is 5.18. The maximum absolute atomic E-state index is 12.2. The quantitative estimate of drug-likeness (QED) is 0.796. The summed E-state index contributed by atoms with van der Waals surface area (Å²) in [6, 6.07) is 3.42. The second-order valence-electron chi connectivity index (χ2n) is 5.64. The van der Waals surface area contributed by atoms with Crippen molar-refractivity contribution in [2.75, 3.05) is 19.0 Å². The van der Waals surface area contributed by atoms with E-state index in [-0.39, 0.29) is 22.8 Å². The number of hydrogen-bond acceptors (Lipinski definition) is 3. The van der Waals surface area contributed by atoms with Gasteiger partial charge in [-0.05, 0) is 30.0 Å². The van der Waals surface area contributed by atoms with Gasteiger partial charge in [0.05, 0.1) is 18.4 Å². The molecule has 6 nitrogen and oxygen atoms in total. The molecule has 0 spiro atoms. The van der Waals surface area contributed by atoms with Crippen molar-refractivity contribution in [3.63, 3.8) is 0 Å². The summed E-state index contributed by atoms with van der Waals surface area (Å²) in [4.78, 5) is 23.1. The maximum Gasteiger partial charge on any atom is 0.409 e. The fourth-order valence-corrected chi connectivity index (χ4v) is 1.91. The summed E-state index contributed by atoms with van der Waals surface area (Å²) in [6.07, 6.45) is -1.21. The number of nitrogens with one attached hydrogen (secondary N) is 2. The third-order valence-corrected chi connectivity index (χ3v) is 2.98. The molecule has 1 rings (SSSR count). The Bertz CT molecular complexity index is 547. The van der Waals surface area contributed by atoms with Crippen LogP contribution >= 0.6 is 0 Å². The Morgan fingerprint density at radius 2 is 1.90 bits per heavy atom. The molecule has 0 aliphatic rings. The molecule has 0 aliphatic carbocycles. The molecule has 3 N–H and O–H groups in total. The monoisotopic (exact) mass is 294 g/mol. The van der Waals surface area contributed by atoms with E-state index in [2.05, 4.69) is 10.6 Å². The van der Waals surface area contributed by atoms with Crippen molar-refractivity contribution in [3.05, 3.63) is 23.3 Å². The predicted molar refractivity (Wildman–Crippen MR) is 81.3 cm³/mol. The average molecular weight is 294 g/mol. The van der Waals surface area contributed by atoms with E-state index in [9.17, 15) is 9.59 Å². The summed E-state index contributed by atoms with van der Waals surface area (Å²) in [6.45, 7) is 8.25. The van der Waals surface area contributed by atoms with Crippen molar-refractivity contribution in [3.8, 4) is 5.75 Å². The number of carbonyl (C=O) groups is 2. The number of carbonyl (C=O) groups excluding carboxylic acids is 1. The van der Waals surface area contributed by atoms with Crippen LogP contribution in [0.4, 0.5) is 10.5 Å². The third-order valence-electron chi connectivity index (χ3n) is 2.98. The number of hydrogen-bond donors (Lipinski definition) is 3. The third kappa shape index (κ3) is 4.11. The minimum atomic E-state index is -1.21. The smallest absolute Gasteiger partial charge is 0.409 e. The van der Waals surface area contributed by atoms with Crippen LogP contribution in [-0.2, 0) is 5.41 Å². The van der Waals surface area contributed by atoms with E-state index >= 15 is 0 Å². The highest BCUT2D eigenvalue weighted by Gasteiger charge is 2.23. The Morgan fingerprint density at radius 3 is 2.33 bits per heavy atom. The van der Waals surface area contributed by atoms with E-state index < -0.39 is 6.09 Å². The maximum atomic E-state index is 12.2. The molecule has 21 heavy (non-hydrogen) atoms. The molecule has 0 aliphatic heterocycles. The van der Waals surface area contributed by atoms with Crippen LogP contribution in [0.5, 0.6) is 5.75 Å². The lowest BCUT2D eigenvalue weighted by Crippen LogP contribution is -2.25. The minimum Gasteiger partial charge on any atom is -0.494 e. The minimum absolute atomic E-state index is 0.219. The molecular formula is C15H22N2O4. The lowest BCUT2D eigenvalue weighted by atomic mass is 9.85. The molecular weight excluding hydrogens is 272 g/mol. The van der Waals surface area contributed by atoms with Crippen LogP contribution in [0.3, 0.4) is 0 Å². The number of amides is 2. The molecule has 0 bridgehead atoms. The molecule has 1 aromatic rings. The number of anilines is 1. The summed E-state index contributed by atoms with van der Waals surface area (Å²) < 4.78 is 5.23. The van der Waals surface area contributed by atoms with Gasteiger partial charge in [0, 0.05) is 6.54 Å². The Morgan fingerprint density at radius 1 is 1.29 bits per heavy atom. The summed E-state index contributed by atoms with van der Waals surface area (Å²) in [5.41, 5.74) is 1.19. The SMILES string of the molecule is CCNC(=O)c1cc(C(C)(C)C)cc(NC(=O)O)c1OC. The van der Waals surface area contributed by atoms with Crippen LogP contribution in [-0.4, -0.2) is 30.8 Å². The lowest BCUT2D eigenvalue weighted by Gasteiger charge is -2.23. The van der Waals surface area contributed by atoms with E-state index in [1.54, 1.807) is 12.1 Å². The van der Waals surface area contributed by atoms with Crippen molar-refractivity contribution in [1.82, 2.24) is 5.32 Å². The Hall–Kier alpha value is -2.24. The zero-order valence-corrected chi connectivity index (χ0v) is 13.0. The van der Waals surface area contributed by atoms with E-state index in [0.717, 1.165) is 5.56 Å². The fraction of sp³-hybridized carbons (Fsp3) is 0.467. The largest absolute Gasteiger partial charge is 0.494 e. The summed E-state index contributed by atoms with van der Waals surface area (Å²) in [5.74, 6) is -0.0785. The highest BCUT2D eigenvalue weighted by molar-refractivity contribution is 6.00. The number of benzene rings is 1. The van der Waals surface area contributed by atoms with Gasteiger partial charge in [-0.3, -0.25) is 10.1 Å². The first-order chi connectivity index (χ1) is 9.70. The van der Waals surface area contributed by atoms with Crippen LogP contribution in [0.1, 0.15) is 43.6 Å². The molecule has 0 fully saturated rings. The summed E-state index contributed by atoms with van der Waals surface area (Å²) in [5, 5.41) is 13.9. The van der Waals surface area contributed by atoms with Crippen LogP contribution in [0.15, 0.2) is 12.1 Å². The summed E-state index contributed by atoms with van der Waals surface area (Å²) in [7, 11) is 1.40. The van der Waals surface area contributed by atoms with Crippen molar-refractivity contribution in [2.45, 2.75) is 33.1 Å². The zero-order valence-electron chi connectivity index (χ0n) is 13.0. The molecule has 0 saturated heterocycles. The second-order valence-corrected chi connectivity index (χ2v) is 5.64. The van der Waals surface area contributed by atoms with Gasteiger partial charge in [-0.1, -0.05) is 20.8 Å². The number of rotatable bonds is 4. The van der Waals surface area contributed by atoms with Gasteiger partial charge < -0.3 is 15.2 Å². The normalized spacial score (nSPS) is 10.9. The van der Waals surface area contributed by atoms with Gasteiger partial charge in [-0.25, -0.2) is 4.79 Å². The van der Waals surface area contributed by atoms with Crippen molar-refractivity contribution in [2.24, 2.45) is 0 Å². The molecule has 0 saturated carbocycles. The molecule has 6 heteroatoms. The van der Waals surface area contributed by atoms with E-state index in [1.807, 2.05) is 27.7 Å². The van der Waals surface area contributed by atoms with Gasteiger partial charge in [0.15, 0.2) is 5.75 Å². The molecule has 0 aromatic heterocycles. The first kappa shape index (κ1) is 16.8. The topological polar surface area (TPSA) is 87.7 Å². The van der Waals surface area contributed by atoms with Crippen LogP contribution in [0.2, 0.25) is 0 Å². The molecule has 0 heterocycles. The van der Waals surface area contributed by atoms with E-state index in [0.29, 0.717) is 12.1 Å². The van der Waals surface area contributed by atoms with Crippen LogP contribution in [0.25, 0.3) is 0 Å². The van der Waals surface area contributed by atoms with Gasteiger partial charge in [0.2, 0.25) is 0 Å². The molecule has 2 amide bonds. The van der Waals surface area contributed by atoms with Crippen molar-refractivity contribution < 1.29 is 19.4 Å². The van der Waals surface area contributed by atoms with Gasteiger partial charge in [-0.15, -0.1) is 0 Å². The first-order valence-electron chi connectivity index (χ1n) is 6.71. The Labute approximate surface area is 124 Å². The van der Waals surface area contributed by atoms with E-state index in [4.69, 9.17) is 9.84 Å². The molecule has 0 unspecified atom stereocenters. The van der Waals surface area contributed by atoms with Crippen LogP contribution < -0.4 is 15.4 Å². The number of carboxylic acid groups (broad SMARTS) is 1. The first-order valence-corrected chi connectivity index (χ1v) is 6.71. The van der Waals surface area contributed by atoms with Crippen molar-refractivity contribution >= 4 is 17.7 Å². The zero-order chi connectivity index (χ0) is 16.2. The highest BCUT2D eigenvalue weighted by Crippen LogP contribution is 2.35. The number of ether oxygens (including phenoxy) is 1. The molecule has 0 atom stereocenters. The lowest BCUT2D eigenvalue weighted by molar-refractivity contribution is 0.0952. The molecule has 1 aromatic carbocycles. The number of methoxy groups -OCH3 is 1. The second kappa shape index (κ2) is 6.47. The van der Waals surface area contributed by atoms with E-state index in [1.165, 1.54) is 7.11 Å². The van der Waals surface area contributed by atoms with Gasteiger partial charge in [0.25, 0.3) is 5.91 Å². The summed E-state index contributed by atoms with van der Waals surface area (Å²) >= 11 is 0. The Balaban J connectivity index is 3.51. The molecule has 0 radical (unpaired) electrons. The van der Waals surface area contributed by atoms with Gasteiger partial charge in [-0.2, -0.15) is 0 Å². The molecule has 116 valence electrons. The van der Waals surface area contributed by atoms with Gasteiger partial charge >= 0.3 is 6.09 Å². The highest BCUT2D eigenvalue weighted by atomic mass is 16.5. The van der Waals surface area contributed by atoms with Crippen LogP contribution in [0, 0.1) is 0 Å². The predicted octanol–water partition coefficient (Wildman–Crippen LogP) is 2.83. The van der Waals surface area contributed by atoms with Crippen molar-refractivity contribution in [1.29, 1.82) is 0 Å². The fourth-order valence-electron chi connectivity index (χ4n) is 1.91.